The molecule has 0 aliphatic carbocycles. The van der Waals surface area contributed by atoms with E-state index in [1.807, 2.05) is 48.2 Å². The Morgan fingerprint density at radius 1 is 0.977 bits per heavy atom. The van der Waals surface area contributed by atoms with E-state index in [0.29, 0.717) is 43.8 Å². The van der Waals surface area contributed by atoms with Gasteiger partial charge in [0.2, 0.25) is 17.7 Å². The number of fused-ring (bicyclic) bond motifs is 3. The Morgan fingerprint density at radius 2 is 1.74 bits per heavy atom. The topological polar surface area (TPSA) is 81.2 Å². The standard InChI is InChI=1S/C34H41ClN4O4/c1-21(20-24-6-3-4-7-27(24)35)30(40)37-18-5-16-34(37)17-14-26-12-13-28(39(26)33(34)43)31(41)36-19-15-23-9-11-25-10-8-22(2)38(25)32(42)29(23)36/h3-4,6-7,9,11,14,17,21-23,25-26,28-29H,5,8,10,12-13,15-16,18-20H2,1-2H3/t21?,22-,23+,25-,26+,28+,29+,34-/m1/s1. The molecule has 0 bridgehead atoms. The molecule has 0 radical (unpaired) electrons. The van der Waals surface area contributed by atoms with Crippen LogP contribution < -0.4 is 0 Å². The van der Waals surface area contributed by atoms with Gasteiger partial charge < -0.3 is 19.6 Å². The minimum absolute atomic E-state index is 0.0114. The Hall–Kier alpha value is -3.13. The third-order valence-corrected chi connectivity index (χ3v) is 11.4. The first-order valence-electron chi connectivity index (χ1n) is 16.1. The van der Waals surface area contributed by atoms with Crippen molar-refractivity contribution in [2.24, 2.45) is 11.8 Å². The summed E-state index contributed by atoms with van der Waals surface area (Å²) in [7, 11) is 0. The van der Waals surface area contributed by atoms with E-state index in [1.165, 1.54) is 0 Å². The Kier molecular flexibility index (Phi) is 7.19. The molecule has 7 rings (SSSR count). The van der Waals surface area contributed by atoms with E-state index in [1.54, 1.807) is 14.7 Å². The lowest BCUT2D eigenvalue weighted by Crippen LogP contribution is -2.64. The van der Waals surface area contributed by atoms with Gasteiger partial charge in [-0.25, -0.2) is 0 Å². The number of carbonyl (C=O) groups excluding carboxylic acids is 4. The highest BCUT2D eigenvalue weighted by Gasteiger charge is 2.58. The average molecular weight is 605 g/mol. The van der Waals surface area contributed by atoms with Crippen LogP contribution in [0.1, 0.15) is 64.4 Å². The zero-order valence-corrected chi connectivity index (χ0v) is 25.8. The smallest absolute Gasteiger partial charge is 0.253 e. The van der Waals surface area contributed by atoms with E-state index in [2.05, 4.69) is 19.1 Å². The van der Waals surface area contributed by atoms with Gasteiger partial charge in [0.05, 0.1) is 12.1 Å². The molecule has 0 aromatic heterocycles. The second-order valence-electron chi connectivity index (χ2n) is 13.5. The molecule has 0 saturated carbocycles. The fraction of sp³-hybridized carbons (Fsp3) is 0.588. The maximum atomic E-state index is 14.5. The summed E-state index contributed by atoms with van der Waals surface area (Å²) in [5.74, 6) is -0.628. The van der Waals surface area contributed by atoms with Crippen molar-refractivity contribution in [3.8, 4) is 0 Å². The maximum Gasteiger partial charge on any atom is 0.253 e. The SMILES string of the molecule is CC(Cc1ccccc1Cl)C(=O)N1CCC[C@]12C=C[C@@H]1CC[C@@H](C(=O)N3CC[C@@H]4C=C[C@H]5CC[C@@H](C)N5C(=O)[C@H]43)N1C2=O. The molecule has 0 N–H and O–H groups in total. The van der Waals surface area contributed by atoms with Crippen molar-refractivity contribution < 1.29 is 19.2 Å². The minimum atomic E-state index is -1.07. The van der Waals surface area contributed by atoms with Crippen molar-refractivity contribution in [1.82, 2.24) is 19.6 Å². The van der Waals surface area contributed by atoms with Crippen molar-refractivity contribution in [2.45, 2.75) is 101 Å². The molecule has 43 heavy (non-hydrogen) atoms. The van der Waals surface area contributed by atoms with Gasteiger partial charge in [-0.2, -0.15) is 0 Å². The molecule has 4 amide bonds. The Balaban J connectivity index is 1.12. The van der Waals surface area contributed by atoms with Crippen molar-refractivity contribution in [3.05, 3.63) is 59.2 Å². The van der Waals surface area contributed by atoms with E-state index in [9.17, 15) is 19.2 Å². The highest BCUT2D eigenvalue weighted by Crippen LogP contribution is 2.43. The number of rotatable bonds is 4. The van der Waals surface area contributed by atoms with Crippen LogP contribution in [0.15, 0.2) is 48.6 Å². The summed E-state index contributed by atoms with van der Waals surface area (Å²) in [5, 5.41) is 0.634. The summed E-state index contributed by atoms with van der Waals surface area (Å²) in [6, 6.07) is 6.53. The molecular weight excluding hydrogens is 564 g/mol. The van der Waals surface area contributed by atoms with E-state index in [4.69, 9.17) is 11.6 Å². The summed E-state index contributed by atoms with van der Waals surface area (Å²) in [6.45, 7) is 5.01. The maximum absolute atomic E-state index is 14.5. The molecular formula is C34H41ClN4O4. The normalized spacial score (nSPS) is 35.4. The fourth-order valence-electron chi connectivity index (χ4n) is 8.80. The lowest BCUT2D eigenvalue weighted by Gasteiger charge is -2.45. The van der Waals surface area contributed by atoms with Crippen molar-refractivity contribution in [3.63, 3.8) is 0 Å². The first kappa shape index (κ1) is 28.6. The van der Waals surface area contributed by atoms with E-state index >= 15 is 0 Å². The number of hydrogen-bond acceptors (Lipinski definition) is 4. The molecule has 1 spiro atoms. The molecule has 228 valence electrons. The second kappa shape index (κ2) is 10.8. The molecule has 1 unspecified atom stereocenters. The van der Waals surface area contributed by atoms with Crippen molar-refractivity contribution in [2.75, 3.05) is 13.1 Å². The highest BCUT2D eigenvalue weighted by atomic mass is 35.5. The van der Waals surface area contributed by atoms with Crippen molar-refractivity contribution >= 4 is 35.2 Å². The number of likely N-dealkylation sites (tertiary alicyclic amines) is 2. The van der Waals surface area contributed by atoms with Crippen LogP contribution in [0.5, 0.6) is 0 Å². The molecule has 1 aromatic rings. The first-order chi connectivity index (χ1) is 20.7. The average Bonchev–Trinajstić information content (AvgIpc) is 3.78. The number of carbonyl (C=O) groups is 4. The Morgan fingerprint density at radius 3 is 2.56 bits per heavy atom. The lowest BCUT2D eigenvalue weighted by atomic mass is 9.87. The summed E-state index contributed by atoms with van der Waals surface area (Å²) in [6.07, 6.45) is 14.0. The van der Waals surface area contributed by atoms with Gasteiger partial charge in [0.15, 0.2) is 0 Å². The molecule has 6 aliphatic heterocycles. The quantitative estimate of drug-likeness (QED) is 0.487. The first-order valence-corrected chi connectivity index (χ1v) is 16.5. The monoisotopic (exact) mass is 604 g/mol. The second-order valence-corrected chi connectivity index (χ2v) is 13.9. The van der Waals surface area contributed by atoms with Gasteiger partial charge in [0.25, 0.3) is 5.91 Å². The third-order valence-electron chi connectivity index (χ3n) is 11.0. The molecule has 1 aromatic carbocycles. The fourth-order valence-corrected chi connectivity index (χ4v) is 9.01. The van der Waals surface area contributed by atoms with E-state index < -0.39 is 17.6 Å². The van der Waals surface area contributed by atoms with E-state index in [0.717, 1.165) is 31.2 Å². The van der Waals surface area contributed by atoms with Crippen LogP contribution in [0.4, 0.5) is 0 Å². The zero-order valence-electron chi connectivity index (χ0n) is 25.0. The van der Waals surface area contributed by atoms with Crippen LogP contribution in [-0.4, -0.2) is 92.1 Å². The molecule has 8 nitrogen and oxygen atoms in total. The van der Waals surface area contributed by atoms with Crippen LogP contribution in [0.3, 0.4) is 0 Å². The lowest BCUT2D eigenvalue weighted by molar-refractivity contribution is -0.157. The van der Waals surface area contributed by atoms with Crippen LogP contribution in [0, 0.1) is 11.8 Å². The largest absolute Gasteiger partial charge is 0.332 e. The van der Waals surface area contributed by atoms with Crippen LogP contribution >= 0.6 is 11.6 Å². The van der Waals surface area contributed by atoms with Gasteiger partial charge >= 0.3 is 0 Å². The van der Waals surface area contributed by atoms with Gasteiger partial charge in [0.1, 0.15) is 17.6 Å². The Labute approximate surface area is 258 Å². The molecule has 4 fully saturated rings. The van der Waals surface area contributed by atoms with E-state index in [-0.39, 0.29) is 53.6 Å². The van der Waals surface area contributed by atoms with Crippen molar-refractivity contribution in [1.29, 1.82) is 0 Å². The highest BCUT2D eigenvalue weighted by molar-refractivity contribution is 6.31. The summed E-state index contributed by atoms with van der Waals surface area (Å²) < 4.78 is 0. The van der Waals surface area contributed by atoms with Gasteiger partial charge in [0, 0.05) is 36.0 Å². The number of hydrogen-bond donors (Lipinski definition) is 0. The third kappa shape index (κ3) is 4.46. The summed E-state index contributed by atoms with van der Waals surface area (Å²) in [4.78, 5) is 63.9. The predicted molar refractivity (Wildman–Crippen MR) is 163 cm³/mol. The molecule has 8 atom stereocenters. The van der Waals surface area contributed by atoms with Gasteiger partial charge in [-0.05, 0) is 69.9 Å². The summed E-state index contributed by atoms with van der Waals surface area (Å²) in [5.41, 5.74) is -0.159. The molecule has 6 heterocycles. The Bertz CT molecular complexity index is 1410. The minimum Gasteiger partial charge on any atom is -0.332 e. The number of benzene rings is 1. The van der Waals surface area contributed by atoms with Gasteiger partial charge in [-0.15, -0.1) is 0 Å². The number of halogens is 1. The molecule has 4 saturated heterocycles. The predicted octanol–water partition coefficient (Wildman–Crippen LogP) is 3.98. The van der Waals surface area contributed by atoms with Crippen LogP contribution in [-0.2, 0) is 25.6 Å². The van der Waals surface area contributed by atoms with Crippen LogP contribution in [0.25, 0.3) is 0 Å². The summed E-state index contributed by atoms with van der Waals surface area (Å²) >= 11 is 6.39. The van der Waals surface area contributed by atoms with Gasteiger partial charge in [-0.1, -0.05) is 61.0 Å². The molecule has 6 aliphatic rings. The number of nitrogens with zero attached hydrogens (tertiary/aromatic N) is 4. The van der Waals surface area contributed by atoms with Crippen LogP contribution in [0.2, 0.25) is 5.02 Å². The number of amides is 4. The van der Waals surface area contributed by atoms with Gasteiger partial charge in [-0.3, -0.25) is 19.2 Å². The molecule has 9 heteroatoms. The zero-order chi connectivity index (χ0) is 30.0.